The Morgan fingerprint density at radius 1 is 1.29 bits per heavy atom. The molecule has 0 fully saturated rings. The lowest BCUT2D eigenvalue weighted by atomic mass is 10.3. The van der Waals surface area contributed by atoms with Gasteiger partial charge in [0.25, 0.3) is 0 Å². The minimum atomic E-state index is 0.927. The van der Waals surface area contributed by atoms with Gasteiger partial charge in [-0.3, -0.25) is 0 Å². The van der Waals surface area contributed by atoms with Gasteiger partial charge in [0, 0.05) is 18.3 Å². The molecule has 0 saturated heterocycles. The van der Waals surface area contributed by atoms with Crippen LogP contribution < -0.4 is 0 Å². The van der Waals surface area contributed by atoms with Crippen LogP contribution in [0.3, 0.4) is 0 Å². The van der Waals surface area contributed by atoms with Crippen LogP contribution in [0.4, 0.5) is 0 Å². The fourth-order valence-corrected chi connectivity index (χ4v) is 2.02. The van der Waals surface area contributed by atoms with E-state index in [0.29, 0.717) is 0 Å². The van der Waals surface area contributed by atoms with Crippen LogP contribution in [0.2, 0.25) is 0 Å². The summed E-state index contributed by atoms with van der Waals surface area (Å²) in [5, 5.41) is 0. The van der Waals surface area contributed by atoms with Crippen molar-refractivity contribution in [2.75, 3.05) is 11.5 Å². The quantitative estimate of drug-likeness (QED) is 0.675. The smallest absolute Gasteiger partial charge is 0.128 e. The number of aryl methyl sites for hydroxylation is 2. The van der Waals surface area contributed by atoms with Gasteiger partial charge in [-0.05, 0) is 30.4 Å². The maximum absolute atomic E-state index is 4.46. The molecular weight excluding hydrogens is 192 g/mol. The fourth-order valence-electron chi connectivity index (χ4n) is 1.17. The molecule has 0 amide bonds. The number of hydrogen-bond acceptors (Lipinski definition) is 3. The molecule has 0 aliphatic heterocycles. The molecule has 78 valence electrons. The molecule has 0 unspecified atom stereocenters. The monoisotopic (exact) mass is 210 g/mol. The Morgan fingerprint density at radius 3 is 2.86 bits per heavy atom. The Kier molecular flexibility index (Phi) is 5.60. The van der Waals surface area contributed by atoms with Gasteiger partial charge < -0.3 is 0 Å². The largest absolute Gasteiger partial charge is 0.241 e. The number of hydrogen-bond donors (Lipinski definition) is 0. The van der Waals surface area contributed by atoms with Crippen LogP contribution in [-0.4, -0.2) is 21.5 Å². The topological polar surface area (TPSA) is 25.8 Å². The third-order valence-corrected chi connectivity index (χ3v) is 3.12. The van der Waals surface area contributed by atoms with Crippen LogP contribution in [-0.2, 0) is 12.8 Å². The third kappa shape index (κ3) is 4.09. The molecule has 0 atom stereocenters. The average Bonchev–Trinajstić information content (AvgIpc) is 2.25. The lowest BCUT2D eigenvalue weighted by Crippen LogP contribution is -1.99. The second kappa shape index (κ2) is 6.82. The van der Waals surface area contributed by atoms with Crippen molar-refractivity contribution in [1.29, 1.82) is 0 Å². The van der Waals surface area contributed by atoms with Crippen molar-refractivity contribution in [2.24, 2.45) is 0 Å². The number of nitrogens with zero attached hydrogens (tertiary/aromatic N) is 2. The summed E-state index contributed by atoms with van der Waals surface area (Å²) >= 11 is 2.00. The van der Waals surface area contributed by atoms with E-state index < -0.39 is 0 Å². The first kappa shape index (κ1) is 11.5. The van der Waals surface area contributed by atoms with Gasteiger partial charge in [-0.25, -0.2) is 9.97 Å². The number of aromatic nitrogens is 2. The summed E-state index contributed by atoms with van der Waals surface area (Å²) < 4.78 is 0. The van der Waals surface area contributed by atoms with E-state index >= 15 is 0 Å². The van der Waals surface area contributed by atoms with Crippen molar-refractivity contribution in [3.63, 3.8) is 0 Å². The van der Waals surface area contributed by atoms with E-state index in [4.69, 9.17) is 0 Å². The lowest BCUT2D eigenvalue weighted by Gasteiger charge is -2.01. The van der Waals surface area contributed by atoms with Crippen molar-refractivity contribution in [2.45, 2.75) is 33.1 Å². The first-order valence-corrected chi connectivity index (χ1v) is 6.40. The molecule has 0 aliphatic carbocycles. The van der Waals surface area contributed by atoms with Crippen molar-refractivity contribution >= 4 is 11.8 Å². The van der Waals surface area contributed by atoms with Crippen molar-refractivity contribution in [1.82, 2.24) is 9.97 Å². The standard InChI is InChI=1S/C11H18N2S/c1-3-8-14-9-6-10-5-7-12-11(4-2)13-10/h5,7H,3-4,6,8-9H2,1-2H3. The highest BCUT2D eigenvalue weighted by molar-refractivity contribution is 7.99. The van der Waals surface area contributed by atoms with Gasteiger partial charge in [0.05, 0.1) is 0 Å². The molecule has 0 saturated carbocycles. The predicted molar refractivity (Wildman–Crippen MR) is 62.7 cm³/mol. The summed E-state index contributed by atoms with van der Waals surface area (Å²) in [6.45, 7) is 4.30. The summed E-state index contributed by atoms with van der Waals surface area (Å²) in [7, 11) is 0. The summed E-state index contributed by atoms with van der Waals surface area (Å²) in [5.41, 5.74) is 1.18. The van der Waals surface area contributed by atoms with Gasteiger partial charge in [0.2, 0.25) is 0 Å². The Balaban J connectivity index is 2.34. The molecule has 14 heavy (non-hydrogen) atoms. The van der Waals surface area contributed by atoms with E-state index in [-0.39, 0.29) is 0 Å². The summed E-state index contributed by atoms with van der Waals surface area (Å²) in [5.74, 6) is 3.39. The Hall–Kier alpha value is -0.570. The van der Waals surface area contributed by atoms with Crippen LogP contribution in [0.1, 0.15) is 31.8 Å². The normalized spacial score (nSPS) is 10.4. The molecule has 0 N–H and O–H groups in total. The zero-order chi connectivity index (χ0) is 10.2. The first-order chi connectivity index (χ1) is 6.86. The Bertz CT molecular complexity index is 263. The minimum Gasteiger partial charge on any atom is -0.241 e. The Morgan fingerprint density at radius 2 is 2.14 bits per heavy atom. The van der Waals surface area contributed by atoms with Gasteiger partial charge in [-0.2, -0.15) is 11.8 Å². The summed E-state index contributed by atoms with van der Waals surface area (Å²) in [6.07, 6.45) is 5.12. The minimum absolute atomic E-state index is 0.927. The lowest BCUT2D eigenvalue weighted by molar-refractivity contribution is 0.890. The summed E-state index contributed by atoms with van der Waals surface area (Å²) in [4.78, 5) is 8.65. The molecule has 0 radical (unpaired) electrons. The van der Waals surface area contributed by atoms with Gasteiger partial charge in [-0.15, -0.1) is 0 Å². The van der Waals surface area contributed by atoms with Gasteiger partial charge in [-0.1, -0.05) is 13.8 Å². The van der Waals surface area contributed by atoms with Crippen LogP contribution in [0, 0.1) is 0 Å². The average molecular weight is 210 g/mol. The highest BCUT2D eigenvalue weighted by atomic mass is 32.2. The van der Waals surface area contributed by atoms with Gasteiger partial charge >= 0.3 is 0 Å². The third-order valence-electron chi connectivity index (χ3n) is 1.93. The van der Waals surface area contributed by atoms with Crippen LogP contribution >= 0.6 is 11.8 Å². The fraction of sp³-hybridized carbons (Fsp3) is 0.636. The molecule has 0 bridgehead atoms. The molecular formula is C11H18N2S. The van der Waals surface area contributed by atoms with Gasteiger partial charge in [0.1, 0.15) is 5.82 Å². The maximum atomic E-state index is 4.46. The first-order valence-electron chi connectivity index (χ1n) is 5.25. The molecule has 0 aliphatic rings. The van der Waals surface area contributed by atoms with Crippen LogP contribution in [0.5, 0.6) is 0 Å². The molecule has 1 heterocycles. The Labute approximate surface area is 90.5 Å². The molecule has 0 aromatic carbocycles. The molecule has 1 rings (SSSR count). The number of thioether (sulfide) groups is 1. The molecule has 3 heteroatoms. The van der Waals surface area contributed by atoms with Crippen LogP contribution in [0.25, 0.3) is 0 Å². The molecule has 1 aromatic rings. The van der Waals surface area contributed by atoms with E-state index in [1.54, 1.807) is 0 Å². The molecule has 1 aromatic heterocycles. The molecule has 0 spiro atoms. The van der Waals surface area contributed by atoms with E-state index in [2.05, 4.69) is 23.8 Å². The van der Waals surface area contributed by atoms with Gasteiger partial charge in [0.15, 0.2) is 0 Å². The summed E-state index contributed by atoms with van der Waals surface area (Å²) in [6, 6.07) is 2.02. The van der Waals surface area contributed by atoms with E-state index in [1.165, 1.54) is 23.6 Å². The van der Waals surface area contributed by atoms with Crippen LogP contribution in [0.15, 0.2) is 12.3 Å². The zero-order valence-electron chi connectivity index (χ0n) is 8.99. The number of rotatable bonds is 6. The van der Waals surface area contributed by atoms with E-state index in [1.807, 2.05) is 24.0 Å². The zero-order valence-corrected chi connectivity index (χ0v) is 9.81. The second-order valence-corrected chi connectivity index (χ2v) is 4.40. The second-order valence-electron chi connectivity index (χ2n) is 3.18. The highest BCUT2D eigenvalue weighted by Crippen LogP contribution is 2.06. The van der Waals surface area contributed by atoms with E-state index in [0.717, 1.165) is 18.7 Å². The maximum Gasteiger partial charge on any atom is 0.128 e. The van der Waals surface area contributed by atoms with Crippen molar-refractivity contribution in [3.8, 4) is 0 Å². The predicted octanol–water partition coefficient (Wildman–Crippen LogP) is 2.72. The van der Waals surface area contributed by atoms with E-state index in [9.17, 15) is 0 Å². The van der Waals surface area contributed by atoms with Crippen molar-refractivity contribution in [3.05, 3.63) is 23.8 Å². The molecule has 2 nitrogen and oxygen atoms in total. The SMILES string of the molecule is CCCSCCc1ccnc(CC)n1. The van der Waals surface area contributed by atoms with Crippen molar-refractivity contribution < 1.29 is 0 Å². The highest BCUT2D eigenvalue weighted by Gasteiger charge is 1.97.